The number of hydrogen-bond acceptors (Lipinski definition) is 7. The molecule has 2 N–H and O–H groups in total. The number of nitrogens with one attached hydrogen (secondary N) is 2. The van der Waals surface area contributed by atoms with E-state index in [0.717, 1.165) is 17.8 Å². The summed E-state index contributed by atoms with van der Waals surface area (Å²) in [5.74, 6) is -1.64. The Labute approximate surface area is 172 Å². The van der Waals surface area contributed by atoms with Crippen LogP contribution in [0.15, 0.2) is 29.4 Å². The highest BCUT2D eigenvalue weighted by Gasteiger charge is 2.43. The van der Waals surface area contributed by atoms with Gasteiger partial charge >= 0.3 is 10.2 Å². The van der Waals surface area contributed by atoms with E-state index in [1.165, 1.54) is 29.6 Å². The van der Waals surface area contributed by atoms with E-state index in [9.17, 15) is 17.2 Å². The van der Waals surface area contributed by atoms with Crippen molar-refractivity contribution in [1.29, 1.82) is 0 Å². The Kier molecular flexibility index (Phi) is 6.27. The number of halogens is 2. The molecule has 1 aromatic carbocycles. The molecule has 0 amide bonds. The smallest absolute Gasteiger partial charge is 0.302 e. The highest BCUT2D eigenvalue weighted by Crippen LogP contribution is 2.28. The lowest BCUT2D eigenvalue weighted by molar-refractivity contribution is 0.143. The molecule has 0 unspecified atom stereocenters. The lowest BCUT2D eigenvalue weighted by Gasteiger charge is -2.46. The number of methoxy groups -OCH3 is 1. The lowest BCUT2D eigenvalue weighted by Crippen LogP contribution is -2.68. The van der Waals surface area contributed by atoms with Gasteiger partial charge in [0.2, 0.25) is 5.88 Å². The molecule has 0 aliphatic carbocycles. The van der Waals surface area contributed by atoms with E-state index in [4.69, 9.17) is 4.74 Å². The van der Waals surface area contributed by atoms with Gasteiger partial charge in [-0.15, -0.1) is 0 Å². The maximum absolute atomic E-state index is 13.8. The van der Waals surface area contributed by atoms with Gasteiger partial charge in [0.1, 0.15) is 5.82 Å². The van der Waals surface area contributed by atoms with E-state index in [0.29, 0.717) is 13.1 Å². The molecule has 3 rings (SSSR count). The van der Waals surface area contributed by atoms with Crippen molar-refractivity contribution < 1.29 is 21.9 Å². The number of benzene rings is 1. The standard InChI is InChI=1S/C17H21F2N5O3S2/c1-17(20-2)9-24(10-17)29(25,26)23-13-7-14(27-3)22-16(21-13)28-8-11-5-4-6-12(18)15(11)19/h4-7,20H,8-10H2,1-3H3,(H,21,22,23). The second kappa shape index (κ2) is 8.38. The molecule has 1 aliphatic heterocycles. The fraction of sp³-hybridized carbons (Fsp3) is 0.412. The number of nitrogens with zero attached hydrogens (tertiary/aromatic N) is 3. The lowest BCUT2D eigenvalue weighted by atomic mass is 9.96. The van der Waals surface area contributed by atoms with Crippen molar-refractivity contribution in [3.63, 3.8) is 0 Å². The Hall–Kier alpha value is -2.02. The van der Waals surface area contributed by atoms with Gasteiger partial charge in [-0.25, -0.2) is 13.8 Å². The summed E-state index contributed by atoms with van der Waals surface area (Å²) in [6.45, 7) is 2.57. The fourth-order valence-electron chi connectivity index (χ4n) is 2.68. The largest absolute Gasteiger partial charge is 0.481 e. The quantitative estimate of drug-likeness (QED) is 0.474. The molecule has 0 radical (unpaired) electrons. The number of anilines is 1. The molecule has 1 saturated heterocycles. The molecule has 1 aliphatic rings. The van der Waals surface area contributed by atoms with Gasteiger partial charge in [0.25, 0.3) is 0 Å². The van der Waals surface area contributed by atoms with Crippen molar-refractivity contribution >= 4 is 27.8 Å². The molecule has 1 aromatic heterocycles. The van der Waals surface area contributed by atoms with Crippen LogP contribution in [0.2, 0.25) is 0 Å². The molecule has 2 heterocycles. The SMILES string of the molecule is CNC1(C)CN(S(=O)(=O)Nc2cc(OC)nc(SCc3cccc(F)c3F)n2)C1. The van der Waals surface area contributed by atoms with Crippen molar-refractivity contribution in [3.05, 3.63) is 41.5 Å². The van der Waals surface area contributed by atoms with E-state index < -0.39 is 21.8 Å². The summed E-state index contributed by atoms with van der Waals surface area (Å²) in [5, 5.41) is 3.23. The number of hydrogen-bond donors (Lipinski definition) is 2. The minimum Gasteiger partial charge on any atom is -0.481 e. The zero-order valence-electron chi connectivity index (χ0n) is 16.1. The van der Waals surface area contributed by atoms with Crippen LogP contribution < -0.4 is 14.8 Å². The number of ether oxygens (including phenoxy) is 1. The molecule has 29 heavy (non-hydrogen) atoms. The van der Waals surface area contributed by atoms with Crippen molar-refractivity contribution in [2.75, 3.05) is 32.0 Å². The first-order chi connectivity index (χ1) is 13.7. The average molecular weight is 446 g/mol. The summed E-state index contributed by atoms with van der Waals surface area (Å²) in [7, 11) is -0.641. The number of rotatable bonds is 8. The van der Waals surface area contributed by atoms with Gasteiger partial charge in [-0.05, 0) is 20.0 Å². The van der Waals surface area contributed by atoms with Gasteiger partial charge in [0.15, 0.2) is 16.8 Å². The fourth-order valence-corrected chi connectivity index (χ4v) is 4.92. The second-order valence-electron chi connectivity index (χ2n) is 6.77. The predicted molar refractivity (Wildman–Crippen MR) is 106 cm³/mol. The molecule has 8 nitrogen and oxygen atoms in total. The Bertz CT molecular complexity index is 1000. The second-order valence-corrected chi connectivity index (χ2v) is 9.38. The van der Waals surface area contributed by atoms with Gasteiger partial charge in [0, 0.05) is 36.0 Å². The van der Waals surface area contributed by atoms with E-state index >= 15 is 0 Å². The first kappa shape index (κ1) is 21.7. The molecular formula is C17H21F2N5O3S2. The molecule has 1 fully saturated rings. The highest BCUT2D eigenvalue weighted by molar-refractivity contribution is 7.98. The van der Waals surface area contributed by atoms with Gasteiger partial charge in [-0.2, -0.15) is 17.7 Å². The number of aromatic nitrogens is 2. The molecule has 2 aromatic rings. The maximum atomic E-state index is 13.8. The van der Waals surface area contributed by atoms with Gasteiger partial charge in [-0.1, -0.05) is 23.9 Å². The Balaban J connectivity index is 1.74. The normalized spacial score (nSPS) is 16.3. The summed E-state index contributed by atoms with van der Waals surface area (Å²) in [6, 6.07) is 5.25. The van der Waals surface area contributed by atoms with Crippen LogP contribution in [0, 0.1) is 11.6 Å². The highest BCUT2D eigenvalue weighted by atomic mass is 32.2. The molecule has 0 atom stereocenters. The van der Waals surface area contributed by atoms with Crippen molar-refractivity contribution in [2.24, 2.45) is 0 Å². The van der Waals surface area contributed by atoms with Crippen LogP contribution >= 0.6 is 11.8 Å². The number of likely N-dealkylation sites (N-methyl/N-ethyl adjacent to an activating group) is 1. The first-order valence-corrected chi connectivity index (χ1v) is 11.0. The summed E-state index contributed by atoms with van der Waals surface area (Å²) in [5.41, 5.74) is -0.121. The van der Waals surface area contributed by atoms with E-state index in [1.54, 1.807) is 7.05 Å². The number of thioether (sulfide) groups is 1. The maximum Gasteiger partial charge on any atom is 0.302 e. The molecule has 12 heteroatoms. The topological polar surface area (TPSA) is 96.5 Å². The summed E-state index contributed by atoms with van der Waals surface area (Å²) in [6.07, 6.45) is 0. The third-order valence-corrected chi connectivity index (χ3v) is 6.81. The van der Waals surface area contributed by atoms with Crippen LogP contribution in [0.4, 0.5) is 14.6 Å². The van der Waals surface area contributed by atoms with Crippen LogP contribution in [0.25, 0.3) is 0 Å². The zero-order chi connectivity index (χ0) is 21.2. The summed E-state index contributed by atoms with van der Waals surface area (Å²) >= 11 is 1.03. The Morgan fingerprint density at radius 2 is 2.03 bits per heavy atom. The summed E-state index contributed by atoms with van der Waals surface area (Å²) in [4.78, 5) is 8.27. The van der Waals surface area contributed by atoms with Gasteiger partial charge in [-0.3, -0.25) is 4.72 Å². The molecular weight excluding hydrogens is 424 g/mol. The van der Waals surface area contributed by atoms with Crippen LogP contribution in [0.3, 0.4) is 0 Å². The summed E-state index contributed by atoms with van der Waals surface area (Å²) < 4.78 is 61.1. The van der Waals surface area contributed by atoms with E-state index in [-0.39, 0.29) is 33.7 Å². The van der Waals surface area contributed by atoms with Crippen molar-refractivity contribution in [3.8, 4) is 5.88 Å². The first-order valence-electron chi connectivity index (χ1n) is 8.61. The third-order valence-electron chi connectivity index (χ3n) is 4.51. The predicted octanol–water partition coefficient (Wildman–Crippen LogP) is 2.01. The third kappa shape index (κ3) is 4.94. The molecule has 0 spiro atoms. The Morgan fingerprint density at radius 1 is 1.31 bits per heavy atom. The van der Waals surface area contributed by atoms with Crippen molar-refractivity contribution in [1.82, 2.24) is 19.6 Å². The van der Waals surface area contributed by atoms with Crippen LogP contribution in [0.5, 0.6) is 5.88 Å². The monoisotopic (exact) mass is 445 g/mol. The minimum absolute atomic E-state index is 0.0251. The molecule has 158 valence electrons. The average Bonchev–Trinajstić information content (AvgIpc) is 2.66. The van der Waals surface area contributed by atoms with Gasteiger partial charge in [0.05, 0.1) is 7.11 Å². The van der Waals surface area contributed by atoms with Crippen molar-refractivity contribution in [2.45, 2.75) is 23.4 Å². The molecule has 0 saturated carbocycles. The van der Waals surface area contributed by atoms with Gasteiger partial charge < -0.3 is 10.1 Å². The van der Waals surface area contributed by atoms with Crippen LogP contribution in [-0.2, 0) is 16.0 Å². The Morgan fingerprint density at radius 3 is 2.69 bits per heavy atom. The van der Waals surface area contributed by atoms with E-state index in [1.807, 2.05) is 6.92 Å². The van der Waals surface area contributed by atoms with E-state index in [2.05, 4.69) is 20.0 Å². The zero-order valence-corrected chi connectivity index (χ0v) is 17.7. The van der Waals surface area contributed by atoms with Crippen LogP contribution in [0.1, 0.15) is 12.5 Å². The molecule has 0 bridgehead atoms. The minimum atomic E-state index is -3.80. The van der Waals surface area contributed by atoms with Crippen LogP contribution in [-0.4, -0.2) is 55.5 Å².